The average Bonchev–Trinajstić information content (AvgIpc) is 3.29. The Hall–Kier alpha value is -3.56. The lowest BCUT2D eigenvalue weighted by Gasteiger charge is -2.23. The zero-order valence-electron chi connectivity index (χ0n) is 46.6. The molecule has 5 rings (SSSR count). The summed E-state index contributed by atoms with van der Waals surface area (Å²) < 4.78 is 37.7. The van der Waals surface area contributed by atoms with E-state index in [0.717, 1.165) is 45.0 Å². The molecule has 4 aromatic carbocycles. The fourth-order valence-electron chi connectivity index (χ4n) is 5.62. The molecule has 0 amide bonds. The van der Waals surface area contributed by atoms with E-state index in [0.29, 0.717) is 30.5 Å². The van der Waals surface area contributed by atoms with Crippen molar-refractivity contribution in [3.05, 3.63) is 138 Å². The highest BCUT2D eigenvalue weighted by Gasteiger charge is 2.14. The van der Waals surface area contributed by atoms with Gasteiger partial charge < -0.3 is 33.2 Å². The molecular weight excluding hydrogens is 845 g/mol. The van der Waals surface area contributed by atoms with Crippen LogP contribution in [0.15, 0.2) is 121 Å². The highest BCUT2D eigenvalue weighted by Crippen LogP contribution is 2.21. The molecule has 0 heterocycles. The van der Waals surface area contributed by atoms with E-state index >= 15 is 0 Å². The number of methoxy groups -OCH3 is 1. The van der Waals surface area contributed by atoms with Crippen LogP contribution in [0.1, 0.15) is 173 Å². The van der Waals surface area contributed by atoms with E-state index in [1.807, 2.05) is 128 Å². The van der Waals surface area contributed by atoms with Crippen molar-refractivity contribution >= 4 is 0 Å². The summed E-state index contributed by atoms with van der Waals surface area (Å²) in [5.74, 6) is 0.942. The first-order valence-electron chi connectivity index (χ1n) is 25.6. The molecule has 0 bridgehead atoms. The molecule has 1 saturated carbocycles. The number of rotatable bonds is 16. The third kappa shape index (κ3) is 48.9. The van der Waals surface area contributed by atoms with Crippen LogP contribution in [0.4, 0.5) is 0 Å². The van der Waals surface area contributed by atoms with Crippen molar-refractivity contribution in [3.63, 3.8) is 0 Å². The van der Waals surface area contributed by atoms with Crippen molar-refractivity contribution < 1.29 is 33.2 Å². The van der Waals surface area contributed by atoms with E-state index in [-0.39, 0.29) is 17.3 Å². The van der Waals surface area contributed by atoms with Gasteiger partial charge in [0.2, 0.25) is 0 Å². The second kappa shape index (κ2) is 42.3. The van der Waals surface area contributed by atoms with Crippen molar-refractivity contribution in [1.82, 2.24) is 0 Å². The lowest BCUT2D eigenvalue weighted by atomic mass is 9.98. The Morgan fingerprint density at radius 1 is 0.485 bits per heavy atom. The first-order valence-corrected chi connectivity index (χ1v) is 25.6. The topological polar surface area (TPSA) is 64.6 Å². The quantitative estimate of drug-likeness (QED) is 0.111. The van der Waals surface area contributed by atoms with Gasteiger partial charge in [0.25, 0.3) is 0 Å². The molecule has 1 fully saturated rings. The molecule has 0 aliphatic heterocycles. The zero-order valence-corrected chi connectivity index (χ0v) is 46.6. The summed E-state index contributed by atoms with van der Waals surface area (Å²) in [4.78, 5) is 0. The van der Waals surface area contributed by atoms with Gasteiger partial charge in [-0.1, -0.05) is 135 Å². The smallest absolute Gasteiger partial charge is 0.119 e. The normalized spacial score (nSPS) is 12.8. The Bertz CT molecular complexity index is 1590. The second-order valence-corrected chi connectivity index (χ2v) is 19.8. The first-order chi connectivity index (χ1) is 32.1. The van der Waals surface area contributed by atoms with Gasteiger partial charge in [-0.25, -0.2) is 0 Å². The van der Waals surface area contributed by atoms with Gasteiger partial charge in [-0.15, -0.1) is 0 Å². The van der Waals surface area contributed by atoms with Crippen molar-refractivity contribution in [3.8, 4) is 5.75 Å². The van der Waals surface area contributed by atoms with Crippen LogP contribution in [0.25, 0.3) is 0 Å². The van der Waals surface area contributed by atoms with E-state index in [9.17, 15) is 0 Å². The minimum atomic E-state index is 0.0417. The fourth-order valence-corrected chi connectivity index (χ4v) is 5.62. The molecule has 0 aromatic heterocycles. The molecular formula is C61H102O7. The van der Waals surface area contributed by atoms with Crippen LogP contribution in [0.2, 0.25) is 0 Å². The summed E-state index contributed by atoms with van der Waals surface area (Å²) in [6.07, 6.45) is 11.1. The van der Waals surface area contributed by atoms with Crippen molar-refractivity contribution in [1.29, 1.82) is 0 Å². The van der Waals surface area contributed by atoms with Gasteiger partial charge in [-0.05, 0) is 165 Å². The maximum atomic E-state index is 5.69. The highest BCUT2D eigenvalue weighted by molar-refractivity contribution is 5.21. The third-order valence-corrected chi connectivity index (χ3v) is 9.38. The number of hydrogen-bond acceptors (Lipinski definition) is 7. The molecule has 1 aliphatic rings. The van der Waals surface area contributed by atoms with E-state index in [1.54, 1.807) is 7.11 Å². The Morgan fingerprint density at radius 3 is 1.24 bits per heavy atom. The highest BCUT2D eigenvalue weighted by atomic mass is 16.5. The molecule has 0 spiro atoms. The van der Waals surface area contributed by atoms with Gasteiger partial charge in [0, 0.05) is 13.7 Å². The van der Waals surface area contributed by atoms with Crippen LogP contribution in [0, 0.1) is 0 Å². The van der Waals surface area contributed by atoms with Gasteiger partial charge >= 0.3 is 0 Å². The molecule has 0 saturated heterocycles. The standard InChI is InChI=1S/2C11H16O.C10H14O.C9H18O.C9H12O.C6H14O.C5H12O/c1-10(2)12-9-8-11-6-4-3-5-7-11;1-3-10(2)12-9-11-7-5-4-6-8-11;1-9(2)11-8-10-6-4-3-5-7-10;2*1-8(2)10-9-6-4-3-5-7-9;1-5-7-6(2,3)4;1-5(2,3)6-4/h3-7,10H,8-9H2,1-2H3;4-8,10H,3,9H2,1-2H3;3-7,9H,8H2,1-2H3;8-9H,3-7H2,1-2H3;3-8H,1-2H3;5H2,1-4H3;1-4H3. The van der Waals surface area contributed by atoms with E-state index in [1.165, 1.54) is 48.8 Å². The molecule has 0 N–H and O–H groups in total. The first kappa shape index (κ1) is 66.5. The Balaban J connectivity index is 0. The summed E-state index contributed by atoms with van der Waals surface area (Å²) in [7, 11) is 1.71. The van der Waals surface area contributed by atoms with Crippen molar-refractivity contribution in [2.24, 2.45) is 0 Å². The molecule has 1 unspecified atom stereocenters. The van der Waals surface area contributed by atoms with E-state index in [4.69, 9.17) is 33.2 Å². The Kier molecular flexibility index (Phi) is 41.4. The van der Waals surface area contributed by atoms with Crippen LogP contribution in [-0.2, 0) is 48.1 Å². The van der Waals surface area contributed by atoms with Crippen molar-refractivity contribution in [2.45, 2.75) is 224 Å². The summed E-state index contributed by atoms with van der Waals surface area (Å²) in [5, 5.41) is 0. The minimum absolute atomic E-state index is 0.0417. The van der Waals surface area contributed by atoms with Gasteiger partial charge in [0.15, 0.2) is 0 Å². The number of ether oxygens (including phenoxy) is 7. The molecule has 0 radical (unpaired) electrons. The van der Waals surface area contributed by atoms with E-state index < -0.39 is 0 Å². The summed E-state index contributed by atoms with van der Waals surface area (Å²) in [5.41, 5.74) is 3.92. The Labute approximate surface area is 419 Å². The summed E-state index contributed by atoms with van der Waals surface area (Å²) in [6, 6.07) is 40.7. The van der Waals surface area contributed by atoms with Crippen LogP contribution in [0.3, 0.4) is 0 Å². The Morgan fingerprint density at radius 2 is 0.897 bits per heavy atom. The zero-order chi connectivity index (χ0) is 51.6. The maximum absolute atomic E-state index is 5.69. The molecule has 68 heavy (non-hydrogen) atoms. The number of benzene rings is 4. The van der Waals surface area contributed by atoms with Crippen molar-refractivity contribution in [2.75, 3.05) is 20.3 Å². The SMILES string of the molecule is CC(C)OC1CCCCC1.CC(C)OCCc1ccccc1.CC(C)OCc1ccccc1.CC(C)Oc1ccccc1.CCC(C)OCc1ccccc1.CCOC(C)(C)C.COC(C)(C)C. The lowest BCUT2D eigenvalue weighted by molar-refractivity contribution is -0.0118. The molecule has 1 aliphatic carbocycles. The molecule has 7 nitrogen and oxygen atoms in total. The minimum Gasteiger partial charge on any atom is -0.491 e. The predicted octanol–water partition coefficient (Wildman–Crippen LogP) is 16.7. The van der Waals surface area contributed by atoms with Crippen LogP contribution >= 0.6 is 0 Å². The summed E-state index contributed by atoms with van der Waals surface area (Å²) in [6.45, 7) is 38.0. The molecule has 4 aromatic rings. The van der Waals surface area contributed by atoms with Crippen LogP contribution in [-0.4, -0.2) is 68.1 Å². The predicted molar refractivity (Wildman–Crippen MR) is 292 cm³/mol. The lowest BCUT2D eigenvalue weighted by Crippen LogP contribution is -2.20. The third-order valence-electron chi connectivity index (χ3n) is 9.38. The number of hydrogen-bond donors (Lipinski definition) is 0. The fraction of sp³-hybridized carbons (Fsp3) is 0.607. The van der Waals surface area contributed by atoms with Gasteiger partial charge in [-0.3, -0.25) is 0 Å². The van der Waals surface area contributed by atoms with Crippen LogP contribution in [0.5, 0.6) is 5.75 Å². The molecule has 388 valence electrons. The number of para-hydroxylation sites is 1. The van der Waals surface area contributed by atoms with Gasteiger partial charge in [0.05, 0.1) is 67.6 Å². The monoisotopic (exact) mass is 947 g/mol. The average molecular weight is 947 g/mol. The van der Waals surface area contributed by atoms with E-state index in [2.05, 4.69) is 111 Å². The van der Waals surface area contributed by atoms with Crippen LogP contribution < -0.4 is 4.74 Å². The van der Waals surface area contributed by atoms with Gasteiger partial charge in [-0.2, -0.15) is 0 Å². The second-order valence-electron chi connectivity index (χ2n) is 19.8. The van der Waals surface area contributed by atoms with Gasteiger partial charge in [0.1, 0.15) is 5.75 Å². The molecule has 7 heteroatoms. The molecule has 1 atom stereocenters. The maximum Gasteiger partial charge on any atom is 0.119 e. The summed E-state index contributed by atoms with van der Waals surface area (Å²) >= 11 is 0. The largest absolute Gasteiger partial charge is 0.491 e.